The lowest BCUT2D eigenvalue weighted by molar-refractivity contribution is -0.122. The molecule has 1 aliphatic rings. The number of hydrogen-bond acceptors (Lipinski definition) is 5. The van der Waals surface area contributed by atoms with Crippen LogP contribution in [0.5, 0.6) is 0 Å². The molecule has 1 saturated heterocycles. The smallest absolute Gasteiger partial charge is 0.242 e. The molecule has 0 bridgehead atoms. The van der Waals surface area contributed by atoms with Gasteiger partial charge in [-0.2, -0.15) is 0 Å². The normalized spacial score (nSPS) is 18.0. The second-order valence-corrected chi connectivity index (χ2v) is 5.81. The van der Waals surface area contributed by atoms with Crippen LogP contribution in [0.1, 0.15) is 18.4 Å². The van der Waals surface area contributed by atoms with Crippen LogP contribution in [0.3, 0.4) is 0 Å². The van der Waals surface area contributed by atoms with Crippen LogP contribution in [0.2, 0.25) is 0 Å². The van der Waals surface area contributed by atoms with E-state index in [1.807, 2.05) is 17.9 Å². The van der Waals surface area contributed by atoms with Gasteiger partial charge in [0.05, 0.1) is 5.69 Å². The van der Waals surface area contributed by atoms with Crippen molar-refractivity contribution < 1.29 is 9.18 Å². The molecule has 23 heavy (non-hydrogen) atoms. The van der Waals surface area contributed by atoms with E-state index >= 15 is 0 Å². The molecule has 0 aliphatic carbocycles. The van der Waals surface area contributed by atoms with Gasteiger partial charge in [0, 0.05) is 19.1 Å². The van der Waals surface area contributed by atoms with Crippen molar-refractivity contribution in [2.24, 2.45) is 0 Å². The van der Waals surface area contributed by atoms with Crippen molar-refractivity contribution in [3.8, 4) is 0 Å². The lowest BCUT2D eigenvalue weighted by Gasteiger charge is -2.35. The van der Waals surface area contributed by atoms with Crippen LogP contribution in [0.25, 0.3) is 0 Å². The molecule has 1 N–H and O–H groups in total. The topological polar surface area (TPSA) is 75.9 Å². The fourth-order valence-corrected chi connectivity index (χ4v) is 2.85. The number of anilines is 1. The van der Waals surface area contributed by atoms with Crippen LogP contribution in [-0.4, -0.2) is 45.2 Å². The fourth-order valence-electron chi connectivity index (χ4n) is 2.85. The van der Waals surface area contributed by atoms with Crippen LogP contribution in [0, 0.1) is 12.7 Å². The standard InChI is InChI=1S/C15H19FN6O/c1-11-4-5-13(16)14(7-11)21-6-2-3-12(8-21)18-15(23)9-22-10-17-19-20-22/h4-5,7,10,12H,2-3,6,8-9H2,1H3,(H,18,23)/t12-/m0/s1. The molecule has 0 spiro atoms. The maximum absolute atomic E-state index is 14.0. The molecule has 0 radical (unpaired) electrons. The monoisotopic (exact) mass is 318 g/mol. The fraction of sp³-hybridized carbons (Fsp3) is 0.467. The van der Waals surface area contributed by atoms with Crippen LogP contribution >= 0.6 is 0 Å². The van der Waals surface area contributed by atoms with Gasteiger partial charge in [0.25, 0.3) is 0 Å². The minimum absolute atomic E-state index is 0.00681. The molecule has 1 aliphatic heterocycles. The molecule has 1 aromatic carbocycles. The molecule has 0 saturated carbocycles. The number of rotatable bonds is 4. The summed E-state index contributed by atoms with van der Waals surface area (Å²) in [6, 6.07) is 5.09. The van der Waals surface area contributed by atoms with Crippen LogP contribution in [0.15, 0.2) is 24.5 Å². The number of carbonyl (C=O) groups excluding carboxylic acids is 1. The molecule has 122 valence electrons. The SMILES string of the molecule is Cc1ccc(F)c(N2CCC[C@H](NC(=O)Cn3cnnn3)C2)c1. The average Bonchev–Trinajstić information content (AvgIpc) is 3.02. The van der Waals surface area contributed by atoms with Gasteiger partial charge in [0.1, 0.15) is 18.7 Å². The van der Waals surface area contributed by atoms with E-state index in [9.17, 15) is 9.18 Å². The zero-order chi connectivity index (χ0) is 16.2. The Hall–Kier alpha value is -2.51. The van der Waals surface area contributed by atoms with Crippen molar-refractivity contribution in [3.63, 3.8) is 0 Å². The third-order valence-electron chi connectivity index (χ3n) is 3.93. The van der Waals surface area contributed by atoms with Crippen molar-refractivity contribution in [2.45, 2.75) is 32.4 Å². The van der Waals surface area contributed by atoms with Gasteiger partial charge in [-0.05, 0) is 47.9 Å². The Balaban J connectivity index is 1.61. The predicted molar refractivity (Wildman–Crippen MR) is 82.3 cm³/mol. The second-order valence-electron chi connectivity index (χ2n) is 5.81. The van der Waals surface area contributed by atoms with E-state index in [1.54, 1.807) is 6.07 Å². The highest BCUT2D eigenvalue weighted by molar-refractivity contribution is 5.76. The van der Waals surface area contributed by atoms with Gasteiger partial charge in [0.2, 0.25) is 5.91 Å². The predicted octanol–water partition coefficient (Wildman–Crippen LogP) is 0.906. The highest BCUT2D eigenvalue weighted by Gasteiger charge is 2.23. The lowest BCUT2D eigenvalue weighted by Crippen LogP contribution is -2.48. The number of amides is 1. The Labute approximate surface area is 133 Å². The number of aromatic nitrogens is 4. The molecule has 1 atom stereocenters. The first-order valence-corrected chi connectivity index (χ1v) is 7.63. The van der Waals surface area contributed by atoms with E-state index in [4.69, 9.17) is 0 Å². The number of tetrazole rings is 1. The molecule has 0 unspecified atom stereocenters. The van der Waals surface area contributed by atoms with E-state index in [2.05, 4.69) is 20.8 Å². The van der Waals surface area contributed by atoms with Gasteiger partial charge in [0.15, 0.2) is 0 Å². The van der Waals surface area contributed by atoms with Crippen LogP contribution < -0.4 is 10.2 Å². The minimum Gasteiger partial charge on any atom is -0.367 e. The zero-order valence-corrected chi connectivity index (χ0v) is 12.9. The number of halogens is 1. The largest absolute Gasteiger partial charge is 0.367 e. The first-order valence-electron chi connectivity index (χ1n) is 7.63. The molecular weight excluding hydrogens is 299 g/mol. The molecule has 1 aromatic heterocycles. The molecule has 1 fully saturated rings. The maximum atomic E-state index is 14.0. The Bertz CT molecular complexity index is 675. The van der Waals surface area contributed by atoms with Gasteiger partial charge in [-0.3, -0.25) is 4.79 Å². The Morgan fingerprint density at radius 1 is 1.48 bits per heavy atom. The summed E-state index contributed by atoms with van der Waals surface area (Å²) in [6.45, 7) is 3.42. The van der Waals surface area contributed by atoms with Crippen molar-refractivity contribution in [3.05, 3.63) is 35.9 Å². The van der Waals surface area contributed by atoms with Crippen LogP contribution in [-0.2, 0) is 11.3 Å². The molecule has 7 nitrogen and oxygen atoms in total. The summed E-state index contributed by atoms with van der Waals surface area (Å²) < 4.78 is 15.4. The molecular formula is C15H19FN6O. The van der Waals surface area contributed by atoms with Gasteiger partial charge in [-0.25, -0.2) is 9.07 Å². The third-order valence-corrected chi connectivity index (χ3v) is 3.93. The lowest BCUT2D eigenvalue weighted by atomic mass is 10.0. The molecule has 8 heteroatoms. The Kier molecular flexibility index (Phi) is 4.50. The molecule has 3 rings (SSSR count). The summed E-state index contributed by atoms with van der Waals surface area (Å²) in [7, 11) is 0. The summed E-state index contributed by atoms with van der Waals surface area (Å²) in [4.78, 5) is 14.0. The molecule has 2 heterocycles. The number of nitrogens with one attached hydrogen (secondary N) is 1. The van der Waals surface area contributed by atoms with Crippen LogP contribution in [0.4, 0.5) is 10.1 Å². The molecule has 2 aromatic rings. The first kappa shape index (κ1) is 15.4. The quantitative estimate of drug-likeness (QED) is 0.907. The summed E-state index contributed by atoms with van der Waals surface area (Å²) >= 11 is 0. The van der Waals surface area contributed by atoms with Crippen molar-refractivity contribution in [1.82, 2.24) is 25.5 Å². The van der Waals surface area contributed by atoms with E-state index in [0.717, 1.165) is 24.9 Å². The van der Waals surface area contributed by atoms with Gasteiger partial charge < -0.3 is 10.2 Å². The van der Waals surface area contributed by atoms with Gasteiger partial charge in [-0.15, -0.1) is 5.10 Å². The van der Waals surface area contributed by atoms with Crippen molar-refractivity contribution in [2.75, 3.05) is 18.0 Å². The van der Waals surface area contributed by atoms with Crippen molar-refractivity contribution in [1.29, 1.82) is 0 Å². The first-order chi connectivity index (χ1) is 11.1. The maximum Gasteiger partial charge on any atom is 0.242 e. The number of carbonyl (C=O) groups is 1. The highest BCUT2D eigenvalue weighted by atomic mass is 19.1. The summed E-state index contributed by atoms with van der Waals surface area (Å²) in [5.41, 5.74) is 1.62. The highest BCUT2D eigenvalue weighted by Crippen LogP contribution is 2.24. The van der Waals surface area contributed by atoms with Crippen molar-refractivity contribution >= 4 is 11.6 Å². The zero-order valence-electron chi connectivity index (χ0n) is 12.9. The Morgan fingerprint density at radius 2 is 2.35 bits per heavy atom. The van der Waals surface area contributed by atoms with E-state index in [1.165, 1.54) is 17.1 Å². The van der Waals surface area contributed by atoms with E-state index in [-0.39, 0.29) is 24.3 Å². The number of hydrogen-bond donors (Lipinski definition) is 1. The molecule has 1 amide bonds. The second kappa shape index (κ2) is 6.72. The summed E-state index contributed by atoms with van der Waals surface area (Å²) in [6.07, 6.45) is 3.18. The van der Waals surface area contributed by atoms with Gasteiger partial charge in [-0.1, -0.05) is 6.07 Å². The van der Waals surface area contributed by atoms with E-state index < -0.39 is 0 Å². The van der Waals surface area contributed by atoms with E-state index in [0.29, 0.717) is 12.2 Å². The van der Waals surface area contributed by atoms with Gasteiger partial charge >= 0.3 is 0 Å². The number of benzene rings is 1. The number of aryl methyl sites for hydroxylation is 1. The number of nitrogens with zero attached hydrogens (tertiary/aromatic N) is 5. The Morgan fingerprint density at radius 3 is 3.13 bits per heavy atom. The third kappa shape index (κ3) is 3.82. The summed E-state index contributed by atoms with van der Waals surface area (Å²) in [5, 5.41) is 13.6. The summed E-state index contributed by atoms with van der Waals surface area (Å²) in [5.74, 6) is -0.370. The average molecular weight is 318 g/mol. The number of piperidine rings is 1. The minimum atomic E-state index is -0.226.